The van der Waals surface area contributed by atoms with Gasteiger partial charge in [0.25, 0.3) is 0 Å². The zero-order valence-electron chi connectivity index (χ0n) is 13.1. The van der Waals surface area contributed by atoms with E-state index in [0.717, 1.165) is 5.75 Å². The second-order valence-corrected chi connectivity index (χ2v) is 5.20. The number of nitrogens with one attached hydrogen (secondary N) is 1. The van der Waals surface area contributed by atoms with Gasteiger partial charge in [0, 0.05) is 18.1 Å². The fourth-order valence-corrected chi connectivity index (χ4v) is 2.42. The van der Waals surface area contributed by atoms with E-state index in [2.05, 4.69) is 50.2 Å². The third kappa shape index (κ3) is 3.95. The Hall–Kier alpha value is -1.06. The number of benzene rings is 1. The summed E-state index contributed by atoms with van der Waals surface area (Å²) in [6.07, 6.45) is 1.17. The van der Waals surface area contributed by atoms with Crippen LogP contribution in [0, 0.1) is 0 Å². The number of hydrogen-bond donors (Lipinski definition) is 1. The first kappa shape index (κ1) is 16.0. The molecule has 0 aliphatic heterocycles. The Bertz CT molecular complexity index is 364. The van der Waals surface area contributed by atoms with Crippen LogP contribution in [-0.4, -0.2) is 38.2 Å². The van der Waals surface area contributed by atoms with Gasteiger partial charge in [0.15, 0.2) is 0 Å². The molecular formula is C16H28N2O. The molecule has 0 amide bonds. The molecule has 0 heterocycles. The molecule has 0 radical (unpaired) electrons. The van der Waals surface area contributed by atoms with Crippen molar-refractivity contribution < 1.29 is 4.74 Å². The van der Waals surface area contributed by atoms with Gasteiger partial charge in [-0.25, -0.2) is 0 Å². The highest BCUT2D eigenvalue weighted by molar-refractivity contribution is 5.29. The molecule has 0 spiro atoms. The maximum absolute atomic E-state index is 5.22. The number of hydrogen-bond acceptors (Lipinski definition) is 3. The second-order valence-electron chi connectivity index (χ2n) is 5.20. The van der Waals surface area contributed by atoms with E-state index in [-0.39, 0.29) is 0 Å². The Morgan fingerprint density at radius 3 is 2.21 bits per heavy atom. The molecule has 1 aromatic rings. The van der Waals surface area contributed by atoms with Gasteiger partial charge in [-0.05, 0) is 52.1 Å². The Kier molecular flexibility index (Phi) is 6.32. The SMILES string of the molecule is CCC(C)N(C)C(C)C(NC)c1ccc(OC)cc1. The van der Waals surface area contributed by atoms with Crippen molar-refractivity contribution in [3.05, 3.63) is 29.8 Å². The Balaban J connectivity index is 2.86. The lowest BCUT2D eigenvalue weighted by molar-refractivity contribution is 0.158. The van der Waals surface area contributed by atoms with Crippen LogP contribution in [0.3, 0.4) is 0 Å². The Morgan fingerprint density at radius 2 is 1.79 bits per heavy atom. The smallest absolute Gasteiger partial charge is 0.118 e. The van der Waals surface area contributed by atoms with E-state index in [9.17, 15) is 0 Å². The predicted molar refractivity (Wildman–Crippen MR) is 81.8 cm³/mol. The fourth-order valence-electron chi connectivity index (χ4n) is 2.42. The molecule has 3 nitrogen and oxygen atoms in total. The van der Waals surface area contributed by atoms with Crippen LogP contribution in [0.5, 0.6) is 5.75 Å². The Labute approximate surface area is 118 Å². The summed E-state index contributed by atoms with van der Waals surface area (Å²) < 4.78 is 5.22. The van der Waals surface area contributed by atoms with Gasteiger partial charge in [0.2, 0.25) is 0 Å². The molecule has 0 saturated carbocycles. The van der Waals surface area contributed by atoms with Gasteiger partial charge >= 0.3 is 0 Å². The predicted octanol–water partition coefficient (Wildman–Crippen LogP) is 3.07. The summed E-state index contributed by atoms with van der Waals surface area (Å²) in [5, 5.41) is 3.43. The van der Waals surface area contributed by atoms with Crippen LogP contribution in [0.1, 0.15) is 38.8 Å². The van der Waals surface area contributed by atoms with Crippen molar-refractivity contribution in [2.24, 2.45) is 0 Å². The maximum atomic E-state index is 5.22. The van der Waals surface area contributed by atoms with E-state index >= 15 is 0 Å². The van der Waals surface area contributed by atoms with Gasteiger partial charge in [-0.15, -0.1) is 0 Å². The van der Waals surface area contributed by atoms with Crippen molar-refractivity contribution in [3.63, 3.8) is 0 Å². The minimum atomic E-state index is 0.324. The third-order valence-corrected chi connectivity index (χ3v) is 4.20. The van der Waals surface area contributed by atoms with E-state index in [4.69, 9.17) is 4.74 Å². The lowest BCUT2D eigenvalue weighted by Crippen LogP contribution is -2.43. The van der Waals surface area contributed by atoms with Gasteiger partial charge in [-0.3, -0.25) is 4.90 Å². The summed E-state index contributed by atoms with van der Waals surface area (Å²) in [5.41, 5.74) is 1.30. The van der Waals surface area contributed by atoms with Crippen LogP contribution in [0.25, 0.3) is 0 Å². The first-order valence-corrected chi connectivity index (χ1v) is 7.08. The quantitative estimate of drug-likeness (QED) is 0.819. The highest BCUT2D eigenvalue weighted by Crippen LogP contribution is 2.23. The fraction of sp³-hybridized carbons (Fsp3) is 0.625. The summed E-state index contributed by atoms with van der Waals surface area (Å²) in [5.74, 6) is 0.904. The molecule has 0 bridgehead atoms. The first-order chi connectivity index (χ1) is 9.04. The lowest BCUT2D eigenvalue weighted by Gasteiger charge is -2.36. The molecule has 19 heavy (non-hydrogen) atoms. The van der Waals surface area contributed by atoms with Gasteiger partial charge in [0.1, 0.15) is 5.75 Å². The maximum Gasteiger partial charge on any atom is 0.118 e. The van der Waals surface area contributed by atoms with Crippen molar-refractivity contribution in [2.45, 2.75) is 45.3 Å². The average molecular weight is 264 g/mol. The summed E-state index contributed by atoms with van der Waals surface area (Å²) in [4.78, 5) is 2.44. The zero-order valence-corrected chi connectivity index (χ0v) is 13.1. The molecule has 108 valence electrons. The summed E-state index contributed by atoms with van der Waals surface area (Å²) in [6.45, 7) is 6.78. The molecule has 3 atom stereocenters. The van der Waals surface area contributed by atoms with Crippen molar-refractivity contribution >= 4 is 0 Å². The summed E-state index contributed by atoms with van der Waals surface area (Å²) >= 11 is 0. The molecule has 0 fully saturated rings. The van der Waals surface area contributed by atoms with Crippen LogP contribution < -0.4 is 10.1 Å². The standard InChI is InChI=1S/C16H28N2O/c1-7-12(2)18(5)13(3)16(17-4)14-8-10-15(19-6)11-9-14/h8-13,16-17H,7H2,1-6H3. The molecule has 1 rings (SSSR count). The molecule has 0 aromatic heterocycles. The molecule has 0 aliphatic carbocycles. The van der Waals surface area contributed by atoms with Crippen LogP contribution >= 0.6 is 0 Å². The van der Waals surface area contributed by atoms with E-state index in [1.807, 2.05) is 19.2 Å². The first-order valence-electron chi connectivity index (χ1n) is 7.08. The van der Waals surface area contributed by atoms with Crippen LogP contribution in [0.15, 0.2) is 24.3 Å². The van der Waals surface area contributed by atoms with Crippen LogP contribution in [-0.2, 0) is 0 Å². The minimum absolute atomic E-state index is 0.324. The van der Waals surface area contributed by atoms with E-state index in [1.165, 1.54) is 12.0 Å². The number of ether oxygens (including phenoxy) is 1. The lowest BCUT2D eigenvalue weighted by atomic mass is 9.98. The highest BCUT2D eigenvalue weighted by Gasteiger charge is 2.23. The van der Waals surface area contributed by atoms with E-state index in [1.54, 1.807) is 7.11 Å². The molecule has 1 aromatic carbocycles. The van der Waals surface area contributed by atoms with Gasteiger partial charge in [-0.1, -0.05) is 19.1 Å². The van der Waals surface area contributed by atoms with Crippen molar-refractivity contribution in [3.8, 4) is 5.75 Å². The normalized spacial score (nSPS) is 16.2. The molecule has 0 aliphatic rings. The molecular weight excluding hydrogens is 236 g/mol. The van der Waals surface area contributed by atoms with Crippen molar-refractivity contribution in [2.75, 3.05) is 21.2 Å². The van der Waals surface area contributed by atoms with Crippen molar-refractivity contribution in [1.29, 1.82) is 0 Å². The van der Waals surface area contributed by atoms with Gasteiger partial charge in [0.05, 0.1) is 7.11 Å². The number of rotatable bonds is 7. The van der Waals surface area contributed by atoms with Crippen LogP contribution in [0.2, 0.25) is 0 Å². The average Bonchev–Trinajstić information content (AvgIpc) is 2.46. The molecule has 0 saturated heterocycles. The van der Waals surface area contributed by atoms with E-state index in [0.29, 0.717) is 18.1 Å². The minimum Gasteiger partial charge on any atom is -0.497 e. The summed E-state index contributed by atoms with van der Waals surface area (Å²) in [7, 11) is 5.92. The zero-order chi connectivity index (χ0) is 14.4. The monoisotopic (exact) mass is 264 g/mol. The third-order valence-electron chi connectivity index (χ3n) is 4.20. The number of likely N-dealkylation sites (N-methyl/N-ethyl adjacent to an activating group) is 2. The molecule has 1 N–H and O–H groups in total. The molecule has 3 heteroatoms. The number of methoxy groups -OCH3 is 1. The second kappa shape index (κ2) is 7.51. The van der Waals surface area contributed by atoms with Gasteiger partial charge in [-0.2, -0.15) is 0 Å². The van der Waals surface area contributed by atoms with Gasteiger partial charge < -0.3 is 10.1 Å². The largest absolute Gasteiger partial charge is 0.497 e. The highest BCUT2D eigenvalue weighted by atomic mass is 16.5. The molecule has 3 unspecified atom stereocenters. The van der Waals surface area contributed by atoms with Crippen LogP contribution in [0.4, 0.5) is 0 Å². The summed E-state index contributed by atoms with van der Waals surface area (Å²) in [6, 6.07) is 9.68. The topological polar surface area (TPSA) is 24.5 Å². The van der Waals surface area contributed by atoms with E-state index < -0.39 is 0 Å². The number of nitrogens with zero attached hydrogens (tertiary/aromatic N) is 1. The Morgan fingerprint density at radius 1 is 1.21 bits per heavy atom. The van der Waals surface area contributed by atoms with Crippen molar-refractivity contribution in [1.82, 2.24) is 10.2 Å².